The maximum atomic E-state index is 5.40. The van der Waals surface area contributed by atoms with Crippen LogP contribution >= 0.6 is 0 Å². The first-order valence-electron chi connectivity index (χ1n) is 4.04. The van der Waals surface area contributed by atoms with E-state index in [1.54, 1.807) is 7.11 Å². The molecule has 58 valence electrons. The molecule has 2 unspecified atom stereocenters. The van der Waals surface area contributed by atoms with Crippen molar-refractivity contribution in [3.05, 3.63) is 0 Å². The number of methoxy groups -OCH3 is 1. The lowest BCUT2D eigenvalue weighted by atomic mass is 9.90. The fourth-order valence-electron chi connectivity index (χ4n) is 1.87. The first-order chi connectivity index (χ1) is 4.90. The molecular formula is C8H14O2. The van der Waals surface area contributed by atoms with Gasteiger partial charge in [0.15, 0.2) is 0 Å². The molecule has 2 nitrogen and oxygen atoms in total. The Balaban J connectivity index is 1.77. The van der Waals surface area contributed by atoms with Gasteiger partial charge in [-0.2, -0.15) is 0 Å². The highest BCUT2D eigenvalue weighted by atomic mass is 16.6. The van der Waals surface area contributed by atoms with Crippen molar-refractivity contribution in [2.75, 3.05) is 13.7 Å². The number of fused-ring (bicyclic) bond motifs is 1. The van der Waals surface area contributed by atoms with E-state index in [-0.39, 0.29) is 0 Å². The highest BCUT2D eigenvalue weighted by Crippen LogP contribution is 2.39. The first-order valence-corrected chi connectivity index (χ1v) is 4.04. The Morgan fingerprint density at radius 1 is 1.40 bits per heavy atom. The van der Waals surface area contributed by atoms with Crippen molar-refractivity contribution < 1.29 is 9.47 Å². The minimum absolute atomic E-state index is 0.605. The number of rotatable bonds is 2. The third-order valence-electron chi connectivity index (χ3n) is 2.52. The smallest absolute Gasteiger partial charge is 0.0845 e. The molecule has 2 aliphatic rings. The van der Waals surface area contributed by atoms with Crippen LogP contribution in [-0.2, 0) is 9.47 Å². The standard InChI is InChI=1S/C8H14O2/c1-9-5-6-2-3-7-8(4-6)10-7/h6-8H,2-5H2,1H3/t6?,7?,8-/m0/s1. The summed E-state index contributed by atoms with van der Waals surface area (Å²) in [7, 11) is 1.78. The topological polar surface area (TPSA) is 21.8 Å². The van der Waals surface area contributed by atoms with Gasteiger partial charge in [0.05, 0.1) is 12.2 Å². The summed E-state index contributed by atoms with van der Waals surface area (Å²) in [5.41, 5.74) is 0. The van der Waals surface area contributed by atoms with Crippen molar-refractivity contribution in [2.45, 2.75) is 31.5 Å². The molecule has 0 radical (unpaired) electrons. The van der Waals surface area contributed by atoms with Gasteiger partial charge in [-0.15, -0.1) is 0 Å². The summed E-state index contributed by atoms with van der Waals surface area (Å²) in [5.74, 6) is 0.772. The second-order valence-electron chi connectivity index (χ2n) is 3.35. The first kappa shape index (κ1) is 6.62. The fourth-order valence-corrected chi connectivity index (χ4v) is 1.87. The van der Waals surface area contributed by atoms with Crippen molar-refractivity contribution >= 4 is 0 Å². The van der Waals surface area contributed by atoms with Crippen LogP contribution < -0.4 is 0 Å². The summed E-state index contributed by atoms with van der Waals surface area (Å²) in [6.45, 7) is 0.923. The third-order valence-corrected chi connectivity index (χ3v) is 2.52. The van der Waals surface area contributed by atoms with E-state index in [4.69, 9.17) is 9.47 Å². The molecule has 1 aliphatic heterocycles. The van der Waals surface area contributed by atoms with Crippen molar-refractivity contribution in [2.24, 2.45) is 5.92 Å². The predicted octanol–water partition coefficient (Wildman–Crippen LogP) is 1.20. The zero-order chi connectivity index (χ0) is 6.97. The molecule has 2 fully saturated rings. The summed E-state index contributed by atoms with van der Waals surface area (Å²) >= 11 is 0. The quantitative estimate of drug-likeness (QED) is 0.540. The Morgan fingerprint density at radius 2 is 2.30 bits per heavy atom. The average Bonchev–Trinajstić information content (AvgIpc) is 2.66. The second-order valence-corrected chi connectivity index (χ2v) is 3.35. The number of hydrogen-bond acceptors (Lipinski definition) is 2. The Labute approximate surface area is 61.5 Å². The molecule has 0 N–H and O–H groups in total. The number of hydrogen-bond donors (Lipinski definition) is 0. The predicted molar refractivity (Wildman–Crippen MR) is 37.9 cm³/mol. The minimum atomic E-state index is 0.605. The van der Waals surface area contributed by atoms with E-state index in [1.807, 2.05) is 0 Å². The van der Waals surface area contributed by atoms with Crippen LogP contribution in [0.25, 0.3) is 0 Å². The summed E-state index contributed by atoms with van der Waals surface area (Å²) in [5, 5.41) is 0. The molecule has 3 atom stereocenters. The molecule has 0 aromatic carbocycles. The van der Waals surface area contributed by atoms with E-state index in [9.17, 15) is 0 Å². The van der Waals surface area contributed by atoms with E-state index < -0.39 is 0 Å². The van der Waals surface area contributed by atoms with Gasteiger partial charge in [0.1, 0.15) is 0 Å². The van der Waals surface area contributed by atoms with E-state index >= 15 is 0 Å². The highest BCUT2D eigenvalue weighted by Gasteiger charge is 2.43. The van der Waals surface area contributed by atoms with Crippen LogP contribution in [0, 0.1) is 5.92 Å². The molecule has 2 rings (SSSR count). The van der Waals surface area contributed by atoms with Crippen molar-refractivity contribution in [1.82, 2.24) is 0 Å². The molecule has 10 heavy (non-hydrogen) atoms. The molecular weight excluding hydrogens is 128 g/mol. The molecule has 0 amide bonds. The van der Waals surface area contributed by atoms with Gasteiger partial charge in [-0.05, 0) is 25.2 Å². The lowest BCUT2D eigenvalue weighted by molar-refractivity contribution is 0.136. The molecule has 1 heterocycles. The van der Waals surface area contributed by atoms with Gasteiger partial charge in [0.25, 0.3) is 0 Å². The lowest BCUT2D eigenvalue weighted by Gasteiger charge is -2.16. The normalized spacial score (nSPS) is 44.7. The highest BCUT2D eigenvalue weighted by molar-refractivity contribution is 4.91. The van der Waals surface area contributed by atoms with Crippen molar-refractivity contribution in [3.8, 4) is 0 Å². The molecule has 0 spiro atoms. The Hall–Kier alpha value is -0.0800. The van der Waals surface area contributed by atoms with Crippen LogP contribution in [0.5, 0.6) is 0 Å². The summed E-state index contributed by atoms with van der Waals surface area (Å²) in [4.78, 5) is 0. The largest absolute Gasteiger partial charge is 0.384 e. The summed E-state index contributed by atoms with van der Waals surface area (Å²) < 4.78 is 10.5. The summed E-state index contributed by atoms with van der Waals surface area (Å²) in [6.07, 6.45) is 5.04. The van der Waals surface area contributed by atoms with Crippen molar-refractivity contribution in [3.63, 3.8) is 0 Å². The Kier molecular flexibility index (Phi) is 1.66. The Morgan fingerprint density at radius 3 is 3.00 bits per heavy atom. The molecule has 1 aliphatic carbocycles. The Bertz CT molecular complexity index is 124. The van der Waals surface area contributed by atoms with Crippen LogP contribution in [0.1, 0.15) is 19.3 Å². The second kappa shape index (κ2) is 2.51. The molecule has 0 aromatic rings. The number of ether oxygens (including phenoxy) is 2. The zero-order valence-corrected chi connectivity index (χ0v) is 6.38. The SMILES string of the molecule is COCC1CCC2O[C@H]2C1. The summed E-state index contributed by atoms with van der Waals surface area (Å²) in [6, 6.07) is 0. The van der Waals surface area contributed by atoms with Crippen LogP contribution in [0.4, 0.5) is 0 Å². The van der Waals surface area contributed by atoms with Crippen LogP contribution in [0.3, 0.4) is 0 Å². The van der Waals surface area contributed by atoms with Crippen LogP contribution in [-0.4, -0.2) is 25.9 Å². The maximum Gasteiger partial charge on any atom is 0.0845 e. The molecule has 0 bridgehead atoms. The van der Waals surface area contributed by atoms with E-state index in [2.05, 4.69) is 0 Å². The molecule has 1 saturated heterocycles. The van der Waals surface area contributed by atoms with Gasteiger partial charge >= 0.3 is 0 Å². The van der Waals surface area contributed by atoms with E-state index in [0.717, 1.165) is 12.5 Å². The van der Waals surface area contributed by atoms with Crippen LogP contribution in [0.15, 0.2) is 0 Å². The fraction of sp³-hybridized carbons (Fsp3) is 1.00. The lowest BCUT2D eigenvalue weighted by Crippen LogP contribution is -2.17. The van der Waals surface area contributed by atoms with Crippen LogP contribution in [0.2, 0.25) is 0 Å². The number of epoxide rings is 1. The maximum absolute atomic E-state index is 5.40. The average molecular weight is 142 g/mol. The van der Waals surface area contributed by atoms with Gasteiger partial charge in [0.2, 0.25) is 0 Å². The van der Waals surface area contributed by atoms with Gasteiger partial charge in [-0.3, -0.25) is 0 Å². The van der Waals surface area contributed by atoms with Crippen molar-refractivity contribution in [1.29, 1.82) is 0 Å². The van der Waals surface area contributed by atoms with Gasteiger partial charge in [-0.1, -0.05) is 0 Å². The third kappa shape index (κ3) is 1.18. The zero-order valence-electron chi connectivity index (χ0n) is 6.38. The molecule has 0 aromatic heterocycles. The van der Waals surface area contributed by atoms with Gasteiger partial charge in [-0.25, -0.2) is 0 Å². The monoisotopic (exact) mass is 142 g/mol. The molecule has 1 saturated carbocycles. The minimum Gasteiger partial charge on any atom is -0.384 e. The van der Waals surface area contributed by atoms with Gasteiger partial charge < -0.3 is 9.47 Å². The molecule has 2 heteroatoms. The van der Waals surface area contributed by atoms with E-state index in [0.29, 0.717) is 12.2 Å². The van der Waals surface area contributed by atoms with Gasteiger partial charge in [0, 0.05) is 13.7 Å². The van der Waals surface area contributed by atoms with E-state index in [1.165, 1.54) is 19.3 Å².